The van der Waals surface area contributed by atoms with Crippen molar-refractivity contribution in [3.63, 3.8) is 0 Å². The van der Waals surface area contributed by atoms with Gasteiger partial charge in [-0.3, -0.25) is 14.5 Å². The third-order valence-corrected chi connectivity index (χ3v) is 6.71. The molecule has 0 unspecified atom stereocenters. The van der Waals surface area contributed by atoms with Crippen molar-refractivity contribution in [2.45, 2.75) is 50.3 Å². The predicted molar refractivity (Wildman–Crippen MR) is 137 cm³/mol. The normalized spacial score (nSPS) is 18.9. The van der Waals surface area contributed by atoms with Crippen LogP contribution in [0.3, 0.4) is 0 Å². The number of hydrogen-bond acceptors (Lipinski definition) is 8. The second-order valence-corrected chi connectivity index (χ2v) is 9.37. The van der Waals surface area contributed by atoms with Crippen LogP contribution in [0.1, 0.15) is 38.1 Å². The lowest BCUT2D eigenvalue weighted by molar-refractivity contribution is 0.154. The molecule has 0 spiro atoms. The summed E-state index contributed by atoms with van der Waals surface area (Å²) in [5, 5.41) is 8.81. The van der Waals surface area contributed by atoms with E-state index in [0.29, 0.717) is 34.9 Å². The van der Waals surface area contributed by atoms with Crippen LogP contribution in [0.4, 0.5) is 26.8 Å². The molecule has 12 heteroatoms. The van der Waals surface area contributed by atoms with Crippen LogP contribution >= 0.6 is 0 Å². The number of fused-ring (bicyclic) bond motifs is 1. The minimum atomic E-state index is -0.508. The maximum Gasteiger partial charge on any atom is 0.411 e. The Morgan fingerprint density at radius 1 is 1.00 bits per heavy atom. The van der Waals surface area contributed by atoms with Gasteiger partial charge in [0, 0.05) is 48.7 Å². The third kappa shape index (κ3) is 5.32. The van der Waals surface area contributed by atoms with Crippen molar-refractivity contribution in [1.29, 1.82) is 0 Å². The Morgan fingerprint density at radius 3 is 2.51 bits per heavy atom. The van der Waals surface area contributed by atoms with Gasteiger partial charge in [-0.2, -0.15) is 0 Å². The SMILES string of the molecule is COC(=O)N[C@@H]1CC[C@@H](n2c(=O)n(C)c3cnc(Nc4cc(NC(=O)OC5CC5)cc(OC)c4)cc32)C1. The summed E-state index contributed by atoms with van der Waals surface area (Å²) in [7, 11) is 4.60. The summed E-state index contributed by atoms with van der Waals surface area (Å²) in [4.78, 5) is 41.4. The molecular formula is C25H30N6O6. The van der Waals surface area contributed by atoms with E-state index in [9.17, 15) is 14.4 Å². The standard InChI is InChI=1S/C25H30N6O6/c1-30-21-13-26-22(12-20(21)31(25(30)34)17-5-4-14(9-17)28-23(32)36-3)27-15-8-16(11-19(10-15)35-2)29-24(33)37-18-6-7-18/h8,10-14,17-18H,4-7,9H2,1-3H3,(H,26,27)(H,28,32)(H,29,33)/t14-,17-/m1/s1. The number of nitrogens with one attached hydrogen (secondary N) is 3. The fourth-order valence-corrected chi connectivity index (χ4v) is 4.72. The molecule has 0 radical (unpaired) electrons. The number of amides is 2. The molecule has 0 saturated heterocycles. The van der Waals surface area contributed by atoms with E-state index >= 15 is 0 Å². The van der Waals surface area contributed by atoms with Gasteiger partial charge < -0.3 is 24.8 Å². The zero-order chi connectivity index (χ0) is 26.1. The first-order chi connectivity index (χ1) is 17.8. The molecule has 3 N–H and O–H groups in total. The van der Waals surface area contributed by atoms with E-state index < -0.39 is 12.2 Å². The quantitative estimate of drug-likeness (QED) is 0.438. The van der Waals surface area contributed by atoms with Crippen LogP contribution in [0.2, 0.25) is 0 Å². The molecular weight excluding hydrogens is 480 g/mol. The number of alkyl carbamates (subject to hydrolysis) is 1. The summed E-state index contributed by atoms with van der Waals surface area (Å²) < 4.78 is 18.7. The highest BCUT2D eigenvalue weighted by Gasteiger charge is 2.30. The molecule has 0 aliphatic heterocycles. The van der Waals surface area contributed by atoms with E-state index in [0.717, 1.165) is 31.2 Å². The first kappa shape index (κ1) is 24.5. The molecule has 2 aliphatic carbocycles. The number of anilines is 3. The number of aromatic nitrogens is 3. The van der Waals surface area contributed by atoms with Gasteiger partial charge in [-0.15, -0.1) is 0 Å². The smallest absolute Gasteiger partial charge is 0.411 e. The van der Waals surface area contributed by atoms with Crippen molar-refractivity contribution >= 4 is 40.4 Å². The first-order valence-electron chi connectivity index (χ1n) is 12.2. The van der Waals surface area contributed by atoms with E-state index in [-0.39, 0.29) is 23.9 Å². The topological polar surface area (TPSA) is 138 Å². The zero-order valence-corrected chi connectivity index (χ0v) is 20.9. The molecule has 5 rings (SSSR count). The molecule has 2 aliphatic rings. The number of carbonyl (C=O) groups excluding carboxylic acids is 2. The Morgan fingerprint density at radius 2 is 1.78 bits per heavy atom. The molecule has 2 aromatic heterocycles. The molecule has 196 valence electrons. The van der Waals surface area contributed by atoms with E-state index in [1.807, 2.05) is 6.07 Å². The van der Waals surface area contributed by atoms with Crippen LogP contribution in [0, 0.1) is 0 Å². The summed E-state index contributed by atoms with van der Waals surface area (Å²) in [5.41, 5.74) is 2.46. The van der Waals surface area contributed by atoms with Crippen LogP contribution in [0.25, 0.3) is 11.0 Å². The summed E-state index contributed by atoms with van der Waals surface area (Å²) >= 11 is 0. The lowest BCUT2D eigenvalue weighted by atomic mass is 10.2. The maximum absolute atomic E-state index is 13.1. The second kappa shape index (κ2) is 10.0. The molecule has 37 heavy (non-hydrogen) atoms. The van der Waals surface area contributed by atoms with Crippen molar-refractivity contribution in [2.24, 2.45) is 7.05 Å². The summed E-state index contributed by atoms with van der Waals surface area (Å²) in [6, 6.07) is 6.92. The fourth-order valence-electron chi connectivity index (χ4n) is 4.72. The molecule has 2 fully saturated rings. The number of hydrogen-bond donors (Lipinski definition) is 3. The lowest BCUT2D eigenvalue weighted by Crippen LogP contribution is -2.33. The summed E-state index contributed by atoms with van der Waals surface area (Å²) in [5.74, 6) is 1.06. The van der Waals surface area contributed by atoms with Crippen molar-refractivity contribution in [3.8, 4) is 5.75 Å². The number of carbonyl (C=O) groups is 2. The van der Waals surface area contributed by atoms with Crippen LogP contribution in [0.5, 0.6) is 5.75 Å². The number of ether oxygens (including phenoxy) is 3. The number of aryl methyl sites for hydroxylation is 1. The van der Waals surface area contributed by atoms with E-state index in [1.165, 1.54) is 7.11 Å². The molecule has 2 saturated carbocycles. The van der Waals surface area contributed by atoms with Gasteiger partial charge in [-0.25, -0.2) is 19.4 Å². The Bertz CT molecular complexity index is 1390. The van der Waals surface area contributed by atoms with Gasteiger partial charge in [0.25, 0.3) is 0 Å². The number of nitrogens with zero attached hydrogens (tertiary/aromatic N) is 3. The Labute approximate surface area is 212 Å². The summed E-state index contributed by atoms with van der Waals surface area (Å²) in [6.07, 6.45) is 4.57. The van der Waals surface area contributed by atoms with Gasteiger partial charge in [0.2, 0.25) is 0 Å². The highest BCUT2D eigenvalue weighted by Crippen LogP contribution is 2.33. The molecule has 2 atom stereocenters. The van der Waals surface area contributed by atoms with E-state index in [4.69, 9.17) is 14.2 Å². The van der Waals surface area contributed by atoms with Crippen molar-refractivity contribution < 1.29 is 23.8 Å². The number of benzene rings is 1. The van der Waals surface area contributed by atoms with Gasteiger partial charge in [0.15, 0.2) is 0 Å². The summed E-state index contributed by atoms with van der Waals surface area (Å²) in [6.45, 7) is 0. The van der Waals surface area contributed by atoms with Crippen LogP contribution in [0.15, 0.2) is 35.3 Å². The minimum absolute atomic E-state index is 0.00556. The number of methoxy groups -OCH3 is 2. The monoisotopic (exact) mass is 510 g/mol. The molecule has 2 heterocycles. The number of pyridine rings is 1. The average Bonchev–Trinajstić information content (AvgIpc) is 3.51. The minimum Gasteiger partial charge on any atom is -0.497 e. The van der Waals surface area contributed by atoms with Gasteiger partial charge in [0.1, 0.15) is 17.7 Å². The van der Waals surface area contributed by atoms with E-state index in [2.05, 4.69) is 20.9 Å². The number of imidazole rings is 1. The predicted octanol–water partition coefficient (Wildman–Crippen LogP) is 3.65. The van der Waals surface area contributed by atoms with Gasteiger partial charge in [-0.05, 0) is 38.2 Å². The van der Waals surface area contributed by atoms with E-state index in [1.54, 1.807) is 47.7 Å². The first-order valence-corrected chi connectivity index (χ1v) is 12.2. The van der Waals surface area contributed by atoms with Crippen molar-refractivity contribution in [1.82, 2.24) is 19.4 Å². The van der Waals surface area contributed by atoms with Gasteiger partial charge in [0.05, 0.1) is 31.4 Å². The fraction of sp³-hybridized carbons (Fsp3) is 0.440. The molecule has 1 aromatic carbocycles. The molecule has 0 bridgehead atoms. The van der Waals surface area contributed by atoms with Crippen molar-refractivity contribution in [2.75, 3.05) is 24.9 Å². The van der Waals surface area contributed by atoms with Crippen LogP contribution in [-0.4, -0.2) is 52.7 Å². The second-order valence-electron chi connectivity index (χ2n) is 9.37. The Kier molecular flexibility index (Phi) is 6.64. The molecule has 2 amide bonds. The Hall–Kier alpha value is -4.22. The van der Waals surface area contributed by atoms with Crippen molar-refractivity contribution in [3.05, 3.63) is 40.9 Å². The van der Waals surface area contributed by atoms with Gasteiger partial charge >= 0.3 is 17.9 Å². The highest BCUT2D eigenvalue weighted by atomic mass is 16.6. The molecule has 12 nitrogen and oxygen atoms in total. The van der Waals surface area contributed by atoms with Crippen LogP contribution < -0.4 is 26.4 Å². The van der Waals surface area contributed by atoms with Crippen LogP contribution in [-0.2, 0) is 16.5 Å². The van der Waals surface area contributed by atoms with Gasteiger partial charge in [-0.1, -0.05) is 0 Å². The molecule has 3 aromatic rings. The zero-order valence-electron chi connectivity index (χ0n) is 20.9. The third-order valence-electron chi connectivity index (χ3n) is 6.71. The maximum atomic E-state index is 13.1. The average molecular weight is 511 g/mol. The highest BCUT2D eigenvalue weighted by molar-refractivity contribution is 5.87. The lowest BCUT2D eigenvalue weighted by Gasteiger charge is -2.15. The number of rotatable bonds is 7. The Balaban J connectivity index is 1.40. The largest absolute Gasteiger partial charge is 0.497 e.